The molecule has 0 aliphatic carbocycles. The molecule has 1 aromatic carbocycles. The summed E-state index contributed by atoms with van der Waals surface area (Å²) >= 11 is 1.31. The zero-order chi connectivity index (χ0) is 16.3. The van der Waals surface area contributed by atoms with Crippen LogP contribution in [0.5, 0.6) is 12.0 Å². The summed E-state index contributed by atoms with van der Waals surface area (Å²) in [6.07, 6.45) is 1.77. The lowest BCUT2D eigenvalue weighted by Gasteiger charge is -2.17. The van der Waals surface area contributed by atoms with Gasteiger partial charge in [0, 0.05) is 0 Å². The van der Waals surface area contributed by atoms with E-state index < -0.39 is 16.9 Å². The molecule has 2 aromatic rings. The molecule has 22 heavy (non-hydrogen) atoms. The number of hydrogen-bond acceptors (Lipinski definition) is 7. The van der Waals surface area contributed by atoms with E-state index in [0.29, 0.717) is 5.56 Å². The first-order chi connectivity index (χ1) is 10.5. The fourth-order valence-electron chi connectivity index (χ4n) is 1.83. The number of anilines is 1. The highest BCUT2D eigenvalue weighted by atomic mass is 32.2. The molecule has 0 bridgehead atoms. The van der Waals surface area contributed by atoms with Crippen LogP contribution in [0.1, 0.15) is 16.6 Å². The summed E-state index contributed by atoms with van der Waals surface area (Å²) in [5.41, 5.74) is 5.76. The van der Waals surface area contributed by atoms with Crippen molar-refractivity contribution in [1.82, 2.24) is 15.0 Å². The van der Waals surface area contributed by atoms with Crippen molar-refractivity contribution in [3.63, 3.8) is 0 Å². The summed E-state index contributed by atoms with van der Waals surface area (Å²) in [5, 5.41) is -0.527. The van der Waals surface area contributed by atoms with Crippen LogP contribution in [-0.2, 0) is 0 Å². The van der Waals surface area contributed by atoms with E-state index in [9.17, 15) is 8.78 Å². The number of aromatic nitrogens is 3. The van der Waals surface area contributed by atoms with Crippen LogP contribution in [0.4, 0.5) is 14.5 Å². The highest BCUT2D eigenvalue weighted by Gasteiger charge is 2.24. The minimum Gasteiger partial charge on any atom is -0.467 e. The van der Waals surface area contributed by atoms with Gasteiger partial charge >= 0.3 is 12.0 Å². The molecule has 2 N–H and O–H groups in total. The monoisotopic (exact) mass is 328 g/mol. The molecule has 0 spiro atoms. The number of halogens is 2. The van der Waals surface area contributed by atoms with Gasteiger partial charge in [-0.05, 0) is 17.9 Å². The van der Waals surface area contributed by atoms with Crippen LogP contribution in [-0.4, -0.2) is 35.4 Å². The Morgan fingerprint density at radius 2 is 1.68 bits per heavy atom. The maximum Gasteiger partial charge on any atom is 0.322 e. The van der Waals surface area contributed by atoms with E-state index in [-0.39, 0.29) is 23.5 Å². The predicted octanol–water partition coefficient (Wildman–Crippen LogP) is 2.20. The molecule has 2 rings (SSSR count). The largest absolute Gasteiger partial charge is 0.467 e. The lowest BCUT2D eigenvalue weighted by Crippen LogP contribution is -2.10. The van der Waals surface area contributed by atoms with E-state index >= 15 is 0 Å². The number of hydrogen-bond donors (Lipinski definition) is 1. The Bertz CT molecular complexity index is 665. The van der Waals surface area contributed by atoms with Gasteiger partial charge in [-0.15, -0.1) is 16.7 Å². The molecule has 0 aliphatic heterocycles. The number of thioether (sulfide) groups is 1. The van der Waals surface area contributed by atoms with Gasteiger partial charge in [-0.1, -0.05) is 6.07 Å². The lowest BCUT2D eigenvalue weighted by atomic mass is 10.1. The maximum absolute atomic E-state index is 13.7. The molecule has 0 saturated heterocycles. The summed E-state index contributed by atoms with van der Waals surface area (Å²) in [7, 11) is 2.80. The molecule has 6 nitrogen and oxygen atoms in total. The highest BCUT2D eigenvalue weighted by Crippen LogP contribution is 2.37. The second kappa shape index (κ2) is 6.73. The van der Waals surface area contributed by atoms with Crippen molar-refractivity contribution in [3.05, 3.63) is 35.2 Å². The van der Waals surface area contributed by atoms with Gasteiger partial charge in [-0.25, -0.2) is 8.78 Å². The van der Waals surface area contributed by atoms with E-state index in [1.165, 1.54) is 32.0 Å². The second-order valence-corrected chi connectivity index (χ2v) is 5.09. The normalized spacial score (nSPS) is 12.0. The molecule has 0 aliphatic rings. The van der Waals surface area contributed by atoms with Crippen LogP contribution in [0.2, 0.25) is 0 Å². The van der Waals surface area contributed by atoms with Crippen LogP contribution < -0.4 is 15.2 Å². The van der Waals surface area contributed by atoms with E-state index in [1.807, 2.05) is 0 Å². The van der Waals surface area contributed by atoms with Gasteiger partial charge in [0.1, 0.15) is 0 Å². The van der Waals surface area contributed by atoms with Crippen molar-refractivity contribution in [2.45, 2.75) is 5.25 Å². The van der Waals surface area contributed by atoms with Crippen molar-refractivity contribution >= 4 is 17.4 Å². The second-order valence-electron chi connectivity index (χ2n) is 4.15. The molecular formula is C13H14F2N4O2S. The van der Waals surface area contributed by atoms with E-state index in [0.717, 1.165) is 6.07 Å². The summed E-state index contributed by atoms with van der Waals surface area (Å²) < 4.78 is 36.9. The Hall–Kier alpha value is -2.16. The molecule has 1 unspecified atom stereocenters. The van der Waals surface area contributed by atoms with Gasteiger partial charge in [0.25, 0.3) is 0 Å². The molecule has 1 heterocycles. The van der Waals surface area contributed by atoms with Crippen molar-refractivity contribution in [1.29, 1.82) is 0 Å². The first-order valence-corrected chi connectivity index (χ1v) is 7.40. The summed E-state index contributed by atoms with van der Waals surface area (Å²) in [5.74, 6) is -1.83. The van der Waals surface area contributed by atoms with Crippen LogP contribution in [0.25, 0.3) is 0 Å². The molecule has 1 atom stereocenters. The average molecular weight is 328 g/mol. The molecule has 0 fully saturated rings. The highest BCUT2D eigenvalue weighted by molar-refractivity contribution is 7.99. The van der Waals surface area contributed by atoms with Crippen LogP contribution in [0, 0.1) is 11.6 Å². The molecular weight excluding hydrogens is 314 g/mol. The lowest BCUT2D eigenvalue weighted by molar-refractivity contribution is 0.336. The minimum absolute atomic E-state index is 0.0575. The van der Waals surface area contributed by atoms with Gasteiger partial charge in [-0.2, -0.15) is 9.97 Å². The van der Waals surface area contributed by atoms with E-state index in [2.05, 4.69) is 15.0 Å². The number of nitrogens with zero attached hydrogens (tertiary/aromatic N) is 3. The Kier molecular flexibility index (Phi) is 4.96. The zero-order valence-electron chi connectivity index (χ0n) is 12.1. The first-order valence-electron chi connectivity index (χ1n) is 6.12. The Morgan fingerprint density at radius 3 is 2.18 bits per heavy atom. The number of nitrogen functional groups attached to an aromatic ring is 1. The first kappa shape index (κ1) is 16.2. The molecule has 0 radical (unpaired) electrons. The minimum atomic E-state index is -1.09. The Morgan fingerprint density at radius 1 is 1.09 bits per heavy atom. The number of nitrogens with two attached hydrogens (primary N) is 1. The van der Waals surface area contributed by atoms with Gasteiger partial charge in [-0.3, -0.25) is 0 Å². The fraction of sp³-hybridized carbons (Fsp3) is 0.308. The third-order valence-corrected chi connectivity index (χ3v) is 3.83. The topological polar surface area (TPSA) is 83.2 Å². The number of methoxy groups -OCH3 is 2. The average Bonchev–Trinajstić information content (AvgIpc) is 2.55. The Labute approximate surface area is 130 Å². The molecule has 118 valence electrons. The predicted molar refractivity (Wildman–Crippen MR) is 79.1 cm³/mol. The van der Waals surface area contributed by atoms with Crippen molar-refractivity contribution in [2.75, 3.05) is 26.2 Å². The molecule has 0 saturated carbocycles. The number of rotatable bonds is 5. The number of benzene rings is 1. The van der Waals surface area contributed by atoms with Gasteiger partial charge in [0.2, 0.25) is 0 Å². The maximum atomic E-state index is 13.7. The smallest absolute Gasteiger partial charge is 0.322 e. The molecule has 1 aromatic heterocycles. The van der Waals surface area contributed by atoms with Gasteiger partial charge in [0.05, 0.1) is 25.2 Å². The third-order valence-electron chi connectivity index (χ3n) is 2.90. The van der Waals surface area contributed by atoms with Crippen LogP contribution in [0.15, 0.2) is 12.1 Å². The Balaban J connectivity index is 2.55. The SMILES string of the molecule is COc1nc(OC)nc(C(SC)c2ccc(F)c(F)c2N)n1. The van der Waals surface area contributed by atoms with Crippen molar-refractivity contribution in [3.8, 4) is 12.0 Å². The summed E-state index contributed by atoms with van der Waals surface area (Å²) in [4.78, 5) is 12.1. The van der Waals surface area contributed by atoms with Crippen molar-refractivity contribution in [2.24, 2.45) is 0 Å². The third kappa shape index (κ3) is 3.03. The van der Waals surface area contributed by atoms with E-state index in [4.69, 9.17) is 15.2 Å². The zero-order valence-corrected chi connectivity index (χ0v) is 12.9. The summed E-state index contributed by atoms with van der Waals surface area (Å²) in [6, 6.07) is 2.53. The van der Waals surface area contributed by atoms with Crippen molar-refractivity contribution < 1.29 is 18.3 Å². The molecule has 9 heteroatoms. The summed E-state index contributed by atoms with van der Waals surface area (Å²) in [6.45, 7) is 0. The fourth-order valence-corrected chi connectivity index (χ4v) is 2.61. The standard InChI is InChI=1S/C13H14F2N4O2S/c1-20-12-17-11(18-13(19-12)21-2)10(22-3)6-4-5-7(14)8(15)9(6)16/h4-5,10H,16H2,1-3H3. The van der Waals surface area contributed by atoms with Crippen LogP contribution in [0.3, 0.4) is 0 Å². The van der Waals surface area contributed by atoms with Crippen LogP contribution >= 0.6 is 11.8 Å². The number of ether oxygens (including phenoxy) is 2. The van der Waals surface area contributed by atoms with Gasteiger partial charge in [0.15, 0.2) is 17.5 Å². The van der Waals surface area contributed by atoms with Gasteiger partial charge < -0.3 is 15.2 Å². The van der Waals surface area contributed by atoms with E-state index in [1.54, 1.807) is 6.26 Å². The molecule has 0 amide bonds. The quantitative estimate of drug-likeness (QED) is 0.842.